The summed E-state index contributed by atoms with van der Waals surface area (Å²) >= 11 is 1.25. The Morgan fingerprint density at radius 1 is 1.52 bits per heavy atom. The van der Waals surface area contributed by atoms with E-state index < -0.39 is 4.92 Å². The molecule has 9 nitrogen and oxygen atoms in total. The van der Waals surface area contributed by atoms with Gasteiger partial charge in [0.25, 0.3) is 5.69 Å². The smallest absolute Gasteiger partial charge is 0.271 e. The average Bonchev–Trinajstić information content (AvgIpc) is 3.25. The van der Waals surface area contributed by atoms with E-state index >= 15 is 0 Å². The molecule has 0 atom stereocenters. The van der Waals surface area contributed by atoms with Crippen LogP contribution < -0.4 is 5.32 Å². The predicted octanol–water partition coefficient (Wildman–Crippen LogP) is 1.96. The summed E-state index contributed by atoms with van der Waals surface area (Å²) in [5, 5.41) is 25.5. The lowest BCUT2D eigenvalue weighted by Gasteiger charge is -2.08. The Bertz CT molecular complexity index is 758. The molecule has 3 rings (SSSR count). The molecule has 1 aromatic heterocycles. The van der Waals surface area contributed by atoms with Crippen LogP contribution in [-0.2, 0) is 4.79 Å². The van der Waals surface area contributed by atoms with Crippen LogP contribution in [0.5, 0.6) is 0 Å². The van der Waals surface area contributed by atoms with Gasteiger partial charge in [-0.05, 0) is 35.8 Å². The van der Waals surface area contributed by atoms with Gasteiger partial charge in [-0.3, -0.25) is 14.9 Å². The molecule has 1 saturated carbocycles. The maximum atomic E-state index is 12.1. The third-order valence-electron chi connectivity index (χ3n) is 3.39. The van der Waals surface area contributed by atoms with Crippen molar-refractivity contribution < 1.29 is 9.72 Å². The molecule has 1 heterocycles. The van der Waals surface area contributed by atoms with Gasteiger partial charge in [0.15, 0.2) is 0 Å². The second-order valence-corrected chi connectivity index (χ2v) is 6.17. The molecule has 0 aliphatic heterocycles. The molecular weight excluding hydrogens is 320 g/mol. The fourth-order valence-electron chi connectivity index (χ4n) is 2.00. The Hall–Kier alpha value is -2.49. The zero-order valence-corrected chi connectivity index (χ0v) is 13.1. The van der Waals surface area contributed by atoms with Crippen LogP contribution in [0.2, 0.25) is 0 Å². The first-order valence-corrected chi connectivity index (χ1v) is 7.98. The van der Waals surface area contributed by atoms with Crippen LogP contribution in [0.15, 0.2) is 23.4 Å². The highest BCUT2D eigenvalue weighted by Gasteiger charge is 2.28. The van der Waals surface area contributed by atoms with Crippen LogP contribution >= 0.6 is 11.8 Å². The number of non-ortho nitro benzene ring substituents is 1. The van der Waals surface area contributed by atoms with Crippen molar-refractivity contribution >= 4 is 29.0 Å². The number of anilines is 1. The minimum absolute atomic E-state index is 0.0590. The highest BCUT2D eigenvalue weighted by atomic mass is 32.2. The van der Waals surface area contributed by atoms with Gasteiger partial charge in [0, 0.05) is 12.1 Å². The molecule has 23 heavy (non-hydrogen) atoms. The van der Waals surface area contributed by atoms with Gasteiger partial charge in [-0.15, -0.1) is 5.10 Å². The predicted molar refractivity (Wildman–Crippen MR) is 83.3 cm³/mol. The molecule has 0 bridgehead atoms. The summed E-state index contributed by atoms with van der Waals surface area (Å²) in [7, 11) is 0. The highest BCUT2D eigenvalue weighted by molar-refractivity contribution is 7.99. The van der Waals surface area contributed by atoms with Gasteiger partial charge in [0.05, 0.1) is 22.4 Å². The number of benzene rings is 1. The number of aryl methyl sites for hydroxylation is 1. The minimum atomic E-state index is -0.492. The maximum absolute atomic E-state index is 12.1. The molecule has 0 radical (unpaired) electrons. The van der Waals surface area contributed by atoms with E-state index in [2.05, 4.69) is 20.8 Å². The van der Waals surface area contributed by atoms with E-state index in [4.69, 9.17) is 0 Å². The molecule has 1 aliphatic carbocycles. The van der Waals surface area contributed by atoms with Crippen LogP contribution in [0.3, 0.4) is 0 Å². The normalized spacial score (nSPS) is 13.8. The van der Waals surface area contributed by atoms with Crippen molar-refractivity contribution in [3.63, 3.8) is 0 Å². The Morgan fingerprint density at radius 3 is 3.00 bits per heavy atom. The van der Waals surface area contributed by atoms with E-state index in [1.165, 1.54) is 23.9 Å². The summed E-state index contributed by atoms with van der Waals surface area (Å²) in [4.78, 5) is 22.4. The Balaban J connectivity index is 1.62. The molecular formula is C13H14N6O3S. The molecule has 1 fully saturated rings. The highest BCUT2D eigenvalue weighted by Crippen LogP contribution is 2.36. The second-order valence-electron chi connectivity index (χ2n) is 5.23. The summed E-state index contributed by atoms with van der Waals surface area (Å²) in [6.07, 6.45) is 2.11. The summed E-state index contributed by atoms with van der Waals surface area (Å²) in [5.41, 5.74) is 1.14. The van der Waals surface area contributed by atoms with Crippen LogP contribution in [-0.4, -0.2) is 36.8 Å². The van der Waals surface area contributed by atoms with Gasteiger partial charge in [-0.1, -0.05) is 17.8 Å². The molecule has 0 spiro atoms. The second kappa shape index (κ2) is 6.32. The Kier molecular flexibility index (Phi) is 4.24. The number of nitro groups is 1. The zero-order valence-electron chi connectivity index (χ0n) is 12.3. The van der Waals surface area contributed by atoms with Crippen molar-refractivity contribution in [3.05, 3.63) is 33.9 Å². The number of nitro benzene ring substituents is 1. The van der Waals surface area contributed by atoms with Crippen LogP contribution in [0.4, 0.5) is 11.4 Å². The van der Waals surface area contributed by atoms with Gasteiger partial charge >= 0.3 is 0 Å². The van der Waals surface area contributed by atoms with Crippen LogP contribution in [0.1, 0.15) is 24.4 Å². The molecule has 10 heteroatoms. The van der Waals surface area contributed by atoms with Crippen molar-refractivity contribution in [3.8, 4) is 0 Å². The van der Waals surface area contributed by atoms with Crippen molar-refractivity contribution in [2.75, 3.05) is 11.1 Å². The Morgan fingerprint density at radius 2 is 2.30 bits per heavy atom. The zero-order chi connectivity index (χ0) is 16.4. The third kappa shape index (κ3) is 3.65. The summed E-state index contributed by atoms with van der Waals surface area (Å²) < 4.78 is 1.73. The Labute approximate surface area is 135 Å². The van der Waals surface area contributed by atoms with Gasteiger partial charge in [0.1, 0.15) is 0 Å². The number of carbonyl (C=O) groups is 1. The molecule has 1 N–H and O–H groups in total. The van der Waals surface area contributed by atoms with Crippen molar-refractivity contribution in [1.82, 2.24) is 20.2 Å². The summed E-state index contributed by atoms with van der Waals surface area (Å²) in [5.74, 6) is -0.126. The van der Waals surface area contributed by atoms with E-state index in [0.717, 1.165) is 18.4 Å². The minimum Gasteiger partial charge on any atom is -0.325 e. The number of hydrogen-bond acceptors (Lipinski definition) is 7. The number of hydrogen-bond donors (Lipinski definition) is 1. The lowest BCUT2D eigenvalue weighted by atomic mass is 10.2. The van der Waals surface area contributed by atoms with Gasteiger partial charge in [0.2, 0.25) is 11.1 Å². The molecule has 1 amide bonds. The molecule has 0 unspecified atom stereocenters. The number of carbonyl (C=O) groups excluding carboxylic acids is 1. The van der Waals surface area contributed by atoms with E-state index in [-0.39, 0.29) is 17.3 Å². The monoisotopic (exact) mass is 334 g/mol. The fourth-order valence-corrected chi connectivity index (χ4v) is 2.75. The number of thioether (sulfide) groups is 1. The van der Waals surface area contributed by atoms with Crippen molar-refractivity contribution in [2.24, 2.45) is 0 Å². The van der Waals surface area contributed by atoms with Crippen LogP contribution in [0.25, 0.3) is 0 Å². The first-order chi connectivity index (χ1) is 11.0. The first-order valence-electron chi connectivity index (χ1n) is 7.00. The SMILES string of the molecule is Cc1ccc([N+](=O)[O-])cc1NC(=O)CSc1nnnn1C1CC1. The summed E-state index contributed by atoms with van der Waals surface area (Å²) in [6.45, 7) is 1.78. The van der Waals surface area contributed by atoms with E-state index in [0.29, 0.717) is 16.9 Å². The fraction of sp³-hybridized carbons (Fsp3) is 0.385. The standard InChI is InChI=1S/C13H14N6O3S/c1-8-2-3-10(19(21)22)6-11(8)14-12(20)7-23-13-15-16-17-18(13)9-4-5-9/h2-3,6,9H,4-5,7H2,1H3,(H,14,20). The summed E-state index contributed by atoms with van der Waals surface area (Å²) in [6, 6.07) is 4.71. The number of amides is 1. The number of nitrogens with one attached hydrogen (secondary N) is 1. The quantitative estimate of drug-likeness (QED) is 0.487. The van der Waals surface area contributed by atoms with E-state index in [1.54, 1.807) is 17.7 Å². The first kappa shape index (κ1) is 15.4. The number of rotatable bonds is 6. The number of aromatic nitrogens is 4. The lowest BCUT2D eigenvalue weighted by molar-refractivity contribution is -0.384. The molecule has 1 aromatic carbocycles. The van der Waals surface area contributed by atoms with E-state index in [1.807, 2.05) is 0 Å². The maximum Gasteiger partial charge on any atom is 0.271 e. The molecule has 2 aromatic rings. The van der Waals surface area contributed by atoms with Crippen LogP contribution in [0, 0.1) is 17.0 Å². The molecule has 1 aliphatic rings. The van der Waals surface area contributed by atoms with E-state index in [9.17, 15) is 14.9 Å². The molecule has 0 saturated heterocycles. The van der Waals surface area contributed by atoms with Gasteiger partial charge < -0.3 is 5.32 Å². The largest absolute Gasteiger partial charge is 0.325 e. The topological polar surface area (TPSA) is 116 Å². The lowest BCUT2D eigenvalue weighted by Crippen LogP contribution is -2.15. The number of nitrogens with zero attached hydrogens (tertiary/aromatic N) is 5. The van der Waals surface area contributed by atoms with Crippen molar-refractivity contribution in [1.29, 1.82) is 0 Å². The van der Waals surface area contributed by atoms with Crippen molar-refractivity contribution in [2.45, 2.75) is 31.0 Å². The third-order valence-corrected chi connectivity index (χ3v) is 4.33. The van der Waals surface area contributed by atoms with Gasteiger partial charge in [-0.25, -0.2) is 4.68 Å². The average molecular weight is 334 g/mol. The molecule has 120 valence electrons. The number of tetrazole rings is 1. The van der Waals surface area contributed by atoms with Gasteiger partial charge in [-0.2, -0.15) is 0 Å².